The standard InChI is InChI=1S/C15H18N2O4/c1-10-2-4-11(5-3-10)8-17-9-12(6-13(17)18)15(21)16-7-14(19)20/h2-5,12H,6-9H2,1H3,(H,16,21)(H,19,20)/t12-/m1/s1. The zero-order valence-electron chi connectivity index (χ0n) is 11.8. The fourth-order valence-corrected chi connectivity index (χ4v) is 2.32. The van der Waals surface area contributed by atoms with Crippen molar-refractivity contribution in [2.24, 2.45) is 5.92 Å². The lowest BCUT2D eigenvalue weighted by Gasteiger charge is -2.16. The fraction of sp³-hybridized carbons (Fsp3) is 0.400. The molecule has 21 heavy (non-hydrogen) atoms. The Morgan fingerprint density at radius 2 is 2.00 bits per heavy atom. The maximum absolute atomic E-state index is 11.9. The monoisotopic (exact) mass is 290 g/mol. The predicted molar refractivity (Wildman–Crippen MR) is 75.3 cm³/mol. The van der Waals surface area contributed by atoms with Gasteiger partial charge in [0, 0.05) is 19.5 Å². The van der Waals surface area contributed by atoms with Crippen molar-refractivity contribution in [1.82, 2.24) is 10.2 Å². The smallest absolute Gasteiger partial charge is 0.322 e. The first-order chi connectivity index (χ1) is 9.95. The van der Waals surface area contributed by atoms with Crippen molar-refractivity contribution in [3.8, 4) is 0 Å². The van der Waals surface area contributed by atoms with Gasteiger partial charge in [-0.3, -0.25) is 14.4 Å². The normalized spacial score (nSPS) is 17.9. The van der Waals surface area contributed by atoms with Crippen LogP contribution in [0.5, 0.6) is 0 Å². The van der Waals surface area contributed by atoms with Crippen LogP contribution in [-0.4, -0.2) is 40.9 Å². The minimum atomic E-state index is -1.09. The minimum Gasteiger partial charge on any atom is -0.480 e. The van der Waals surface area contributed by atoms with E-state index in [1.807, 2.05) is 31.2 Å². The Morgan fingerprint density at radius 3 is 2.62 bits per heavy atom. The van der Waals surface area contributed by atoms with Crippen molar-refractivity contribution in [1.29, 1.82) is 0 Å². The number of hydrogen-bond acceptors (Lipinski definition) is 3. The first-order valence-corrected chi connectivity index (χ1v) is 6.78. The maximum atomic E-state index is 11.9. The SMILES string of the molecule is Cc1ccc(CN2C[C@H](C(=O)NCC(=O)O)CC2=O)cc1. The van der Waals surface area contributed by atoms with Gasteiger partial charge in [0.05, 0.1) is 5.92 Å². The molecule has 0 unspecified atom stereocenters. The number of carboxylic acids is 1. The van der Waals surface area contributed by atoms with Crippen molar-refractivity contribution in [2.45, 2.75) is 19.9 Å². The van der Waals surface area contributed by atoms with Crippen molar-refractivity contribution >= 4 is 17.8 Å². The molecule has 6 heteroatoms. The summed E-state index contributed by atoms with van der Waals surface area (Å²) in [5.41, 5.74) is 2.16. The highest BCUT2D eigenvalue weighted by atomic mass is 16.4. The number of carbonyl (C=O) groups excluding carboxylic acids is 2. The lowest BCUT2D eigenvalue weighted by molar-refractivity contribution is -0.138. The molecule has 0 saturated carbocycles. The van der Waals surface area contributed by atoms with E-state index in [4.69, 9.17) is 5.11 Å². The first-order valence-electron chi connectivity index (χ1n) is 6.78. The molecular formula is C15H18N2O4. The number of nitrogens with one attached hydrogen (secondary N) is 1. The first kappa shape index (κ1) is 15.0. The summed E-state index contributed by atoms with van der Waals surface area (Å²) in [4.78, 5) is 35.8. The molecule has 6 nitrogen and oxygen atoms in total. The van der Waals surface area contributed by atoms with Gasteiger partial charge in [-0.1, -0.05) is 29.8 Å². The molecule has 0 bridgehead atoms. The molecule has 1 saturated heterocycles. The maximum Gasteiger partial charge on any atom is 0.322 e. The summed E-state index contributed by atoms with van der Waals surface area (Å²) in [6, 6.07) is 7.88. The average Bonchev–Trinajstić information content (AvgIpc) is 2.80. The van der Waals surface area contributed by atoms with E-state index in [1.54, 1.807) is 4.90 Å². The highest BCUT2D eigenvalue weighted by Crippen LogP contribution is 2.20. The quantitative estimate of drug-likeness (QED) is 0.829. The van der Waals surface area contributed by atoms with Crippen LogP contribution in [0.3, 0.4) is 0 Å². The molecule has 2 N–H and O–H groups in total. The molecule has 1 aromatic carbocycles. The van der Waals surface area contributed by atoms with Crippen LogP contribution in [-0.2, 0) is 20.9 Å². The van der Waals surface area contributed by atoms with Crippen LogP contribution in [0.25, 0.3) is 0 Å². The van der Waals surface area contributed by atoms with Crippen LogP contribution < -0.4 is 5.32 Å². The van der Waals surface area contributed by atoms with Crippen molar-refractivity contribution in [3.63, 3.8) is 0 Å². The number of nitrogens with zero attached hydrogens (tertiary/aromatic N) is 1. The summed E-state index contributed by atoms with van der Waals surface area (Å²) in [5, 5.41) is 10.9. The van der Waals surface area contributed by atoms with E-state index in [1.165, 1.54) is 0 Å². The number of amides is 2. The molecule has 0 aromatic heterocycles. The number of benzene rings is 1. The van der Waals surface area contributed by atoms with E-state index >= 15 is 0 Å². The molecule has 1 aliphatic heterocycles. The minimum absolute atomic E-state index is 0.0777. The summed E-state index contributed by atoms with van der Waals surface area (Å²) in [7, 11) is 0. The third kappa shape index (κ3) is 4.05. The summed E-state index contributed by atoms with van der Waals surface area (Å²) in [6.07, 6.45) is 0.136. The van der Waals surface area contributed by atoms with E-state index in [0.29, 0.717) is 13.1 Å². The molecule has 1 aliphatic rings. The van der Waals surface area contributed by atoms with Gasteiger partial charge in [-0.25, -0.2) is 0 Å². The molecule has 2 rings (SSSR count). The van der Waals surface area contributed by atoms with Gasteiger partial charge in [-0.2, -0.15) is 0 Å². The highest BCUT2D eigenvalue weighted by Gasteiger charge is 2.34. The third-order valence-corrected chi connectivity index (χ3v) is 3.49. The molecule has 0 radical (unpaired) electrons. The topological polar surface area (TPSA) is 86.7 Å². The number of carboxylic acid groups (broad SMARTS) is 1. The number of aliphatic carboxylic acids is 1. The Balaban J connectivity index is 1.91. The van der Waals surface area contributed by atoms with Crippen LogP contribution in [0.2, 0.25) is 0 Å². The Hall–Kier alpha value is -2.37. The van der Waals surface area contributed by atoms with Gasteiger partial charge < -0.3 is 15.3 Å². The molecule has 1 atom stereocenters. The summed E-state index contributed by atoms with van der Waals surface area (Å²) in [6.45, 7) is 2.38. The second kappa shape index (κ2) is 6.39. The predicted octanol–water partition coefficient (Wildman–Crippen LogP) is 0.544. The van der Waals surface area contributed by atoms with E-state index in [0.717, 1.165) is 11.1 Å². The van der Waals surface area contributed by atoms with E-state index < -0.39 is 18.4 Å². The van der Waals surface area contributed by atoms with Crippen molar-refractivity contribution in [3.05, 3.63) is 35.4 Å². The third-order valence-electron chi connectivity index (χ3n) is 3.49. The van der Waals surface area contributed by atoms with Crippen LogP contribution in [0, 0.1) is 12.8 Å². The van der Waals surface area contributed by atoms with Crippen LogP contribution in [0.1, 0.15) is 17.5 Å². The Bertz CT molecular complexity index is 553. The van der Waals surface area contributed by atoms with Gasteiger partial charge in [-0.05, 0) is 12.5 Å². The summed E-state index contributed by atoms with van der Waals surface area (Å²) >= 11 is 0. The number of hydrogen-bond donors (Lipinski definition) is 2. The zero-order chi connectivity index (χ0) is 15.4. The Labute approximate surface area is 122 Å². The molecule has 0 aliphatic carbocycles. The van der Waals surface area contributed by atoms with Crippen LogP contribution >= 0.6 is 0 Å². The summed E-state index contributed by atoms with van der Waals surface area (Å²) < 4.78 is 0. The number of aryl methyl sites for hydroxylation is 1. The Kier molecular flexibility index (Phi) is 4.57. The lowest BCUT2D eigenvalue weighted by Crippen LogP contribution is -2.35. The number of carbonyl (C=O) groups is 3. The zero-order valence-corrected chi connectivity index (χ0v) is 11.8. The summed E-state index contributed by atoms with van der Waals surface area (Å²) in [5.74, 6) is -2.02. The van der Waals surface area contributed by atoms with Crippen molar-refractivity contribution < 1.29 is 19.5 Å². The average molecular weight is 290 g/mol. The molecule has 1 heterocycles. The lowest BCUT2D eigenvalue weighted by atomic mass is 10.1. The van der Waals surface area contributed by atoms with Gasteiger partial charge in [-0.15, -0.1) is 0 Å². The molecule has 2 amide bonds. The van der Waals surface area contributed by atoms with E-state index in [2.05, 4.69) is 5.32 Å². The van der Waals surface area contributed by atoms with Crippen molar-refractivity contribution in [2.75, 3.05) is 13.1 Å². The van der Waals surface area contributed by atoms with Crippen LogP contribution in [0.4, 0.5) is 0 Å². The Morgan fingerprint density at radius 1 is 1.33 bits per heavy atom. The van der Waals surface area contributed by atoms with Gasteiger partial charge in [0.2, 0.25) is 11.8 Å². The van der Waals surface area contributed by atoms with Gasteiger partial charge in [0.15, 0.2) is 0 Å². The van der Waals surface area contributed by atoms with Crippen LogP contribution in [0.15, 0.2) is 24.3 Å². The molecular weight excluding hydrogens is 272 g/mol. The van der Waals surface area contributed by atoms with Gasteiger partial charge in [0.25, 0.3) is 0 Å². The van der Waals surface area contributed by atoms with E-state index in [-0.39, 0.29) is 18.2 Å². The number of rotatable bonds is 5. The largest absolute Gasteiger partial charge is 0.480 e. The number of likely N-dealkylation sites (tertiary alicyclic amines) is 1. The fourth-order valence-electron chi connectivity index (χ4n) is 2.32. The molecule has 1 aromatic rings. The molecule has 1 fully saturated rings. The second-order valence-electron chi connectivity index (χ2n) is 5.27. The highest BCUT2D eigenvalue weighted by molar-refractivity contribution is 5.90. The van der Waals surface area contributed by atoms with E-state index in [9.17, 15) is 14.4 Å². The molecule has 112 valence electrons. The van der Waals surface area contributed by atoms with Gasteiger partial charge >= 0.3 is 5.97 Å². The van der Waals surface area contributed by atoms with Gasteiger partial charge in [0.1, 0.15) is 6.54 Å². The molecule has 0 spiro atoms. The second-order valence-corrected chi connectivity index (χ2v) is 5.27.